The van der Waals surface area contributed by atoms with Crippen LogP contribution in [0.15, 0.2) is 77.8 Å². The van der Waals surface area contributed by atoms with Gasteiger partial charge in [0.15, 0.2) is 0 Å². The van der Waals surface area contributed by atoms with Crippen LogP contribution < -0.4 is 0 Å². The molecule has 0 aliphatic heterocycles. The number of aryl methyl sites for hydroxylation is 1. The average Bonchev–Trinajstić information content (AvgIpc) is 3.40. The summed E-state index contributed by atoms with van der Waals surface area (Å²) in [6, 6.07) is 9.75. The van der Waals surface area contributed by atoms with E-state index < -0.39 is 0 Å². The highest BCUT2D eigenvalue weighted by Crippen LogP contribution is 2.37. The van der Waals surface area contributed by atoms with Crippen molar-refractivity contribution in [2.45, 2.75) is 118 Å². The smallest absolute Gasteiger partial charge is 0.0963 e. The van der Waals surface area contributed by atoms with Crippen LogP contribution in [0.4, 0.5) is 0 Å². The van der Waals surface area contributed by atoms with Crippen molar-refractivity contribution in [1.29, 1.82) is 0 Å². The maximum absolute atomic E-state index is 5.41. The minimum absolute atomic E-state index is 0.379. The molecule has 42 heavy (non-hydrogen) atoms. The van der Waals surface area contributed by atoms with Crippen LogP contribution in [0.2, 0.25) is 0 Å². The Morgan fingerprint density at radius 1 is 0.952 bits per heavy atom. The van der Waals surface area contributed by atoms with E-state index >= 15 is 0 Å². The molecule has 0 bridgehead atoms. The molecule has 1 aromatic carbocycles. The summed E-state index contributed by atoms with van der Waals surface area (Å²) in [5.41, 5.74) is 9.09. The fraction of sp³-hybridized carbons (Fsp3) is 0.564. The van der Waals surface area contributed by atoms with Crippen LogP contribution >= 0.6 is 11.3 Å². The molecular formula is C39H60N2S. The van der Waals surface area contributed by atoms with Crippen LogP contribution in [0.1, 0.15) is 121 Å². The van der Waals surface area contributed by atoms with E-state index in [4.69, 9.17) is 4.98 Å². The zero-order valence-corrected chi connectivity index (χ0v) is 29.2. The molecule has 0 aliphatic carbocycles. The number of nitrogens with zero attached hydrogens (tertiary/aromatic N) is 2. The molecule has 2 nitrogen and oxygen atoms in total. The number of allylic oxidation sites excluding steroid dienone is 4. The third-order valence-electron chi connectivity index (χ3n) is 8.57. The molecule has 0 radical (unpaired) electrons. The van der Waals surface area contributed by atoms with Crippen LogP contribution in [0, 0.1) is 11.8 Å². The topological polar surface area (TPSA) is 16.1 Å². The Balaban J connectivity index is 2.30. The van der Waals surface area contributed by atoms with Crippen molar-refractivity contribution in [3.05, 3.63) is 99.6 Å². The van der Waals surface area contributed by atoms with Crippen molar-refractivity contribution in [3.63, 3.8) is 0 Å². The molecule has 0 amide bonds. The summed E-state index contributed by atoms with van der Waals surface area (Å²) in [7, 11) is 2.28. The standard InChI is InChI=1S/C39H60N2S/c1-13-14-33-15-17-34(18-16-33)24-35(23-32(11)29(6)7)37-26-42-39(40-37)36(22-28(4)5)25-38(30(8)9)41(12)20-19-31(10)21-27(2)3/h15-18,21,26,30,32,35-36,38H,4,6,10,13-14,19-20,22-25H2,1-3,5,7-9,11-12H3. The van der Waals surface area contributed by atoms with Gasteiger partial charge in [-0.25, -0.2) is 4.98 Å². The van der Waals surface area contributed by atoms with E-state index in [1.165, 1.54) is 50.5 Å². The Morgan fingerprint density at radius 2 is 1.60 bits per heavy atom. The molecule has 0 N–H and O–H groups in total. The van der Waals surface area contributed by atoms with E-state index in [1.54, 1.807) is 0 Å². The quantitative estimate of drug-likeness (QED) is 0.120. The summed E-state index contributed by atoms with van der Waals surface area (Å²) in [6.07, 6.45) is 9.72. The van der Waals surface area contributed by atoms with Crippen molar-refractivity contribution in [1.82, 2.24) is 9.88 Å². The van der Waals surface area contributed by atoms with E-state index in [1.807, 2.05) is 11.3 Å². The predicted molar refractivity (Wildman–Crippen MR) is 189 cm³/mol. The Morgan fingerprint density at radius 3 is 2.14 bits per heavy atom. The van der Waals surface area contributed by atoms with Crippen LogP contribution in [-0.4, -0.2) is 29.5 Å². The summed E-state index contributed by atoms with van der Waals surface area (Å²) in [4.78, 5) is 7.96. The molecule has 0 saturated carbocycles. The second-order valence-electron chi connectivity index (χ2n) is 13.6. The fourth-order valence-corrected chi connectivity index (χ4v) is 6.96. The lowest BCUT2D eigenvalue weighted by atomic mass is 9.85. The second-order valence-corrected chi connectivity index (χ2v) is 14.5. The number of aromatic nitrogens is 1. The fourth-order valence-electron chi connectivity index (χ4n) is 5.94. The van der Waals surface area contributed by atoms with E-state index in [0.29, 0.717) is 29.7 Å². The van der Waals surface area contributed by atoms with E-state index in [9.17, 15) is 0 Å². The van der Waals surface area contributed by atoms with Gasteiger partial charge in [0.05, 0.1) is 10.7 Å². The third-order valence-corrected chi connectivity index (χ3v) is 9.59. The van der Waals surface area contributed by atoms with E-state index in [2.05, 4.69) is 123 Å². The number of hydrogen-bond acceptors (Lipinski definition) is 3. The van der Waals surface area contributed by atoms with Gasteiger partial charge in [0.1, 0.15) is 0 Å². The first-order valence-corrected chi connectivity index (χ1v) is 17.0. The van der Waals surface area contributed by atoms with Crippen LogP contribution in [0.5, 0.6) is 0 Å². The number of hydrogen-bond donors (Lipinski definition) is 0. The first-order chi connectivity index (χ1) is 19.8. The van der Waals surface area contributed by atoms with E-state index in [0.717, 1.165) is 45.1 Å². The normalized spacial score (nSPS) is 14.5. The maximum Gasteiger partial charge on any atom is 0.0963 e. The van der Waals surface area contributed by atoms with Gasteiger partial charge in [0, 0.05) is 29.8 Å². The highest BCUT2D eigenvalue weighted by Gasteiger charge is 2.27. The van der Waals surface area contributed by atoms with Crippen molar-refractivity contribution in [2.24, 2.45) is 11.8 Å². The Labute approximate surface area is 263 Å². The largest absolute Gasteiger partial charge is 0.303 e. The van der Waals surface area contributed by atoms with Gasteiger partial charge in [-0.3, -0.25) is 0 Å². The highest BCUT2D eigenvalue weighted by molar-refractivity contribution is 7.09. The van der Waals surface area contributed by atoms with Crippen molar-refractivity contribution in [3.8, 4) is 0 Å². The van der Waals surface area contributed by atoms with Gasteiger partial charge >= 0.3 is 0 Å². The van der Waals surface area contributed by atoms with Gasteiger partial charge < -0.3 is 4.90 Å². The zero-order valence-electron chi connectivity index (χ0n) is 28.4. The molecule has 1 heterocycles. The summed E-state index contributed by atoms with van der Waals surface area (Å²) >= 11 is 1.86. The molecule has 4 atom stereocenters. The lowest BCUT2D eigenvalue weighted by molar-refractivity contribution is 0.173. The summed E-state index contributed by atoms with van der Waals surface area (Å²) in [5.74, 6) is 1.78. The molecule has 0 aliphatic rings. The molecule has 1 aromatic heterocycles. The second kappa shape index (κ2) is 17.8. The molecule has 0 spiro atoms. The molecule has 0 fully saturated rings. The maximum atomic E-state index is 5.41. The van der Waals surface area contributed by atoms with E-state index in [-0.39, 0.29) is 0 Å². The van der Waals surface area contributed by atoms with Crippen LogP contribution in [0.3, 0.4) is 0 Å². The minimum atomic E-state index is 0.379. The zero-order chi connectivity index (χ0) is 31.4. The van der Waals surface area contributed by atoms with Crippen molar-refractivity contribution in [2.75, 3.05) is 13.6 Å². The first kappa shape index (κ1) is 36.0. The summed E-state index contributed by atoms with van der Waals surface area (Å²) in [5, 5.41) is 3.62. The van der Waals surface area contributed by atoms with Crippen molar-refractivity contribution < 1.29 is 0 Å². The predicted octanol–water partition coefficient (Wildman–Crippen LogP) is 11.3. The lowest BCUT2D eigenvalue weighted by Crippen LogP contribution is -2.38. The molecule has 2 rings (SSSR count). The van der Waals surface area contributed by atoms with Crippen LogP contribution in [0.25, 0.3) is 0 Å². The Hall–Kier alpha value is -2.23. The molecule has 2 aromatic rings. The molecule has 3 heteroatoms. The summed E-state index contributed by atoms with van der Waals surface area (Å²) < 4.78 is 0. The molecule has 4 unspecified atom stereocenters. The van der Waals surface area contributed by atoms with Crippen LogP contribution in [-0.2, 0) is 12.8 Å². The Bertz CT molecular complexity index is 1160. The third kappa shape index (κ3) is 12.2. The van der Waals surface area contributed by atoms with Gasteiger partial charge in [0.2, 0.25) is 0 Å². The molecular weight excluding hydrogens is 529 g/mol. The first-order valence-electron chi connectivity index (χ1n) is 16.2. The molecule has 0 saturated heterocycles. The minimum Gasteiger partial charge on any atom is -0.303 e. The Kier molecular flexibility index (Phi) is 15.2. The van der Waals surface area contributed by atoms with Crippen molar-refractivity contribution >= 4 is 11.3 Å². The highest BCUT2D eigenvalue weighted by atomic mass is 32.1. The molecule has 232 valence electrons. The number of benzene rings is 1. The lowest BCUT2D eigenvalue weighted by Gasteiger charge is -2.34. The van der Waals surface area contributed by atoms with Gasteiger partial charge in [0.25, 0.3) is 0 Å². The average molecular weight is 589 g/mol. The van der Waals surface area contributed by atoms with Gasteiger partial charge in [-0.15, -0.1) is 17.9 Å². The SMILES string of the molecule is C=C(C)CC(CC(C(C)C)N(C)CCC(=C)C=C(C)C)c1nc(C(Cc2ccc(CCC)cc2)CC(C)C(=C)C)cs1. The monoisotopic (exact) mass is 588 g/mol. The van der Waals surface area contributed by atoms with Gasteiger partial charge in [-0.05, 0) is 96.2 Å². The van der Waals surface area contributed by atoms with Gasteiger partial charge in [-0.1, -0.05) is 99.9 Å². The number of rotatable bonds is 19. The van der Waals surface area contributed by atoms with Gasteiger partial charge in [-0.2, -0.15) is 0 Å². The summed E-state index contributed by atoms with van der Waals surface area (Å²) in [6.45, 7) is 31.8. The number of thiazole rings is 1.